The van der Waals surface area contributed by atoms with E-state index in [0.29, 0.717) is 31.2 Å². The third-order valence-electron chi connectivity index (χ3n) is 6.31. The minimum absolute atomic E-state index is 0.0677. The molecule has 1 fully saturated rings. The number of amides is 2. The van der Waals surface area contributed by atoms with Gasteiger partial charge in [0.15, 0.2) is 0 Å². The van der Waals surface area contributed by atoms with E-state index in [2.05, 4.69) is 20.7 Å². The van der Waals surface area contributed by atoms with E-state index >= 15 is 0 Å². The van der Waals surface area contributed by atoms with Crippen molar-refractivity contribution in [2.75, 3.05) is 15.4 Å². The van der Waals surface area contributed by atoms with E-state index in [4.69, 9.17) is 11.6 Å². The molecule has 1 aliphatic rings. The molecule has 0 atom stereocenters. The highest BCUT2D eigenvalue weighted by Crippen LogP contribution is 2.36. The van der Waals surface area contributed by atoms with Gasteiger partial charge in [0.1, 0.15) is 11.4 Å². The fourth-order valence-electron chi connectivity index (χ4n) is 4.37. The summed E-state index contributed by atoms with van der Waals surface area (Å²) in [6.07, 6.45) is -2.74. The highest BCUT2D eigenvalue weighted by atomic mass is 35.5. The summed E-state index contributed by atoms with van der Waals surface area (Å²) in [5.74, 6) is -0.363. The number of hydrogen-bond donors (Lipinski definition) is 4. The maximum Gasteiger partial charge on any atom is 0.417 e. The van der Waals surface area contributed by atoms with Crippen molar-refractivity contribution in [2.24, 2.45) is 0 Å². The first-order chi connectivity index (χ1) is 18.3. The molecule has 2 amide bonds. The van der Waals surface area contributed by atoms with Crippen LogP contribution in [-0.4, -0.2) is 26.5 Å². The van der Waals surface area contributed by atoms with Crippen LogP contribution in [0.15, 0.2) is 58.1 Å². The Morgan fingerprint density at radius 1 is 0.923 bits per heavy atom. The number of halogens is 4. The molecular weight excluding hydrogens is 561 g/mol. The Labute approximate surface area is 226 Å². The average molecular weight is 585 g/mol. The van der Waals surface area contributed by atoms with Crippen LogP contribution in [0.3, 0.4) is 0 Å². The molecular formula is C25H24ClF3N4O5S. The topological polar surface area (TPSA) is 133 Å². The summed E-state index contributed by atoms with van der Waals surface area (Å²) in [6.45, 7) is 0. The van der Waals surface area contributed by atoms with Crippen molar-refractivity contribution in [2.45, 2.75) is 49.7 Å². The third-order valence-corrected chi connectivity index (χ3v) is 7.87. The van der Waals surface area contributed by atoms with Gasteiger partial charge in [-0.3, -0.25) is 14.3 Å². The van der Waals surface area contributed by atoms with Gasteiger partial charge in [-0.05, 0) is 49.4 Å². The Morgan fingerprint density at radius 3 is 2.18 bits per heavy atom. The highest BCUT2D eigenvalue weighted by molar-refractivity contribution is 7.91. The quantitative estimate of drug-likeness (QED) is 0.289. The van der Waals surface area contributed by atoms with Crippen LogP contribution in [0.2, 0.25) is 5.02 Å². The molecule has 0 radical (unpaired) electrons. The Balaban J connectivity index is 1.29. The van der Waals surface area contributed by atoms with Crippen LogP contribution in [0.4, 0.5) is 35.0 Å². The Bertz CT molecular complexity index is 1530. The minimum atomic E-state index is -4.67. The zero-order valence-electron chi connectivity index (χ0n) is 20.3. The minimum Gasteiger partial charge on any atom is -0.377 e. The van der Waals surface area contributed by atoms with E-state index in [9.17, 15) is 36.0 Å². The molecule has 0 bridgehead atoms. The van der Waals surface area contributed by atoms with Gasteiger partial charge >= 0.3 is 12.2 Å². The van der Waals surface area contributed by atoms with E-state index in [0.717, 1.165) is 12.1 Å². The molecule has 3 aromatic rings. The van der Waals surface area contributed by atoms with Gasteiger partial charge in [0.25, 0.3) is 10.9 Å². The summed E-state index contributed by atoms with van der Waals surface area (Å²) in [5.41, 5.74) is -2.73. The number of sulfonamides is 1. The molecule has 0 saturated heterocycles. The van der Waals surface area contributed by atoms with Crippen LogP contribution in [0.25, 0.3) is 0 Å². The summed E-state index contributed by atoms with van der Waals surface area (Å²) >= 11 is 5.60. The lowest BCUT2D eigenvalue weighted by molar-refractivity contribution is -0.137. The number of urea groups is 1. The van der Waals surface area contributed by atoms with E-state index < -0.39 is 43.7 Å². The number of rotatable bonds is 8. The lowest BCUT2D eigenvalue weighted by Gasteiger charge is -2.31. The molecule has 9 nitrogen and oxygen atoms in total. The van der Waals surface area contributed by atoms with Crippen LogP contribution in [0.5, 0.6) is 0 Å². The van der Waals surface area contributed by atoms with Gasteiger partial charge < -0.3 is 16.0 Å². The van der Waals surface area contributed by atoms with Crippen molar-refractivity contribution >= 4 is 44.7 Å². The molecule has 1 aliphatic carbocycles. The van der Waals surface area contributed by atoms with Gasteiger partial charge in [-0.25, -0.2) is 13.2 Å². The van der Waals surface area contributed by atoms with E-state index in [1.54, 1.807) is 30.3 Å². The first-order valence-corrected chi connectivity index (χ1v) is 13.9. The standard InChI is InChI=1S/C25H24ClF3N4O5S/c26-19-11-10-17(12-18(19)25(27,28)29)32-24(36)31-16-8-6-15(7-9-16)30-20-21(23(35)22(20)34)33-39(37,38)13-14-4-2-1-3-5-14/h1-5,10-12,15-16,30,33H,6-9,13H2,(H2,31,32,36). The van der Waals surface area contributed by atoms with Crippen LogP contribution in [0, 0.1) is 0 Å². The Morgan fingerprint density at radius 2 is 1.54 bits per heavy atom. The summed E-state index contributed by atoms with van der Waals surface area (Å²) < 4.78 is 66.3. The predicted molar refractivity (Wildman–Crippen MR) is 142 cm³/mol. The summed E-state index contributed by atoms with van der Waals surface area (Å²) in [5, 5.41) is 7.54. The summed E-state index contributed by atoms with van der Waals surface area (Å²) in [4.78, 5) is 36.5. The second-order valence-corrected chi connectivity index (χ2v) is 11.4. The number of benzene rings is 2. The number of hydrogen-bond acceptors (Lipinski definition) is 6. The smallest absolute Gasteiger partial charge is 0.377 e. The number of alkyl halides is 3. The SMILES string of the molecule is O=C(Nc1ccc(Cl)c(C(F)(F)F)c1)NC1CCC(Nc2c(NS(=O)(=O)Cc3ccccc3)c(=O)c2=O)CC1. The van der Waals surface area contributed by atoms with Crippen molar-refractivity contribution in [1.29, 1.82) is 0 Å². The first-order valence-electron chi connectivity index (χ1n) is 11.9. The monoisotopic (exact) mass is 584 g/mol. The molecule has 208 valence electrons. The normalized spacial score (nSPS) is 17.9. The van der Waals surface area contributed by atoms with Gasteiger partial charge in [0.05, 0.1) is 16.3 Å². The highest BCUT2D eigenvalue weighted by Gasteiger charge is 2.34. The summed E-state index contributed by atoms with van der Waals surface area (Å²) in [6, 6.07) is 10.2. The fraction of sp³-hybridized carbons (Fsp3) is 0.320. The Kier molecular flexibility index (Phi) is 8.21. The van der Waals surface area contributed by atoms with Crippen molar-refractivity contribution in [3.63, 3.8) is 0 Å². The second-order valence-electron chi connectivity index (χ2n) is 9.24. The molecule has 3 aromatic carbocycles. The van der Waals surface area contributed by atoms with Crippen LogP contribution in [-0.2, 0) is 22.0 Å². The molecule has 0 aliphatic heterocycles. The Hall–Kier alpha value is -3.58. The van der Waals surface area contributed by atoms with Crippen LogP contribution >= 0.6 is 11.6 Å². The first kappa shape index (κ1) is 28.4. The molecule has 0 aromatic heterocycles. The molecule has 4 rings (SSSR count). The third kappa shape index (κ3) is 7.09. The van der Waals surface area contributed by atoms with E-state index in [1.807, 2.05) is 0 Å². The van der Waals surface area contributed by atoms with Gasteiger partial charge in [0.2, 0.25) is 10.0 Å². The number of carbonyl (C=O) groups excluding carboxylic acids is 1. The molecule has 39 heavy (non-hydrogen) atoms. The lowest BCUT2D eigenvalue weighted by Crippen LogP contribution is -2.44. The van der Waals surface area contributed by atoms with E-state index in [-0.39, 0.29) is 34.9 Å². The predicted octanol–water partition coefficient (Wildman–Crippen LogP) is 4.44. The van der Waals surface area contributed by atoms with Gasteiger partial charge in [-0.15, -0.1) is 0 Å². The second kappa shape index (κ2) is 11.3. The van der Waals surface area contributed by atoms with Crippen molar-refractivity contribution in [3.05, 3.63) is 85.1 Å². The maximum atomic E-state index is 13.0. The average Bonchev–Trinajstić information content (AvgIpc) is 2.87. The van der Waals surface area contributed by atoms with Gasteiger partial charge in [-0.1, -0.05) is 41.9 Å². The maximum absolute atomic E-state index is 13.0. The van der Waals surface area contributed by atoms with Gasteiger partial charge in [0, 0.05) is 17.8 Å². The fourth-order valence-corrected chi connectivity index (χ4v) is 5.80. The molecule has 0 unspecified atom stereocenters. The van der Waals surface area contributed by atoms with E-state index in [1.165, 1.54) is 6.07 Å². The molecule has 4 N–H and O–H groups in total. The zero-order valence-corrected chi connectivity index (χ0v) is 21.8. The van der Waals surface area contributed by atoms with Crippen LogP contribution in [0.1, 0.15) is 36.8 Å². The lowest BCUT2D eigenvalue weighted by atomic mass is 9.91. The largest absolute Gasteiger partial charge is 0.417 e. The van der Waals surface area contributed by atoms with Crippen molar-refractivity contribution < 1.29 is 26.4 Å². The van der Waals surface area contributed by atoms with Crippen LogP contribution < -0.4 is 31.5 Å². The molecule has 0 spiro atoms. The molecule has 14 heteroatoms. The molecule has 0 heterocycles. The zero-order chi connectivity index (χ0) is 28.4. The molecule has 1 saturated carbocycles. The van der Waals surface area contributed by atoms with Gasteiger partial charge in [-0.2, -0.15) is 13.2 Å². The van der Waals surface area contributed by atoms with Crippen molar-refractivity contribution in [3.8, 4) is 0 Å². The number of carbonyl (C=O) groups is 1. The number of nitrogens with one attached hydrogen (secondary N) is 4. The number of anilines is 3. The summed E-state index contributed by atoms with van der Waals surface area (Å²) in [7, 11) is -3.93. The van der Waals surface area contributed by atoms with Crippen molar-refractivity contribution in [1.82, 2.24) is 5.32 Å².